The van der Waals surface area contributed by atoms with E-state index in [-0.39, 0.29) is 5.82 Å². The first-order valence-electron chi connectivity index (χ1n) is 10.6. The maximum Gasteiger partial charge on any atom is 0.126 e. The smallest absolute Gasteiger partial charge is 0.126 e. The number of aryl methyl sites for hydroxylation is 1. The topological polar surface area (TPSA) is 50.3 Å². The maximum atomic E-state index is 13.4. The van der Waals surface area contributed by atoms with Crippen LogP contribution in [0.15, 0.2) is 54.7 Å². The van der Waals surface area contributed by atoms with E-state index in [0.717, 1.165) is 68.2 Å². The normalized spacial score (nSPS) is 14.5. The van der Waals surface area contributed by atoms with Crippen molar-refractivity contribution in [3.63, 3.8) is 0 Å². The van der Waals surface area contributed by atoms with Crippen LogP contribution in [-0.2, 0) is 17.7 Å². The number of rotatable bonds is 8. The van der Waals surface area contributed by atoms with E-state index in [1.165, 1.54) is 12.1 Å². The average Bonchev–Trinajstić information content (AvgIpc) is 2.80. The van der Waals surface area contributed by atoms with Crippen LogP contribution in [0.3, 0.4) is 0 Å². The lowest BCUT2D eigenvalue weighted by molar-refractivity contribution is 0.0374. The molecule has 1 N–H and O–H groups in total. The zero-order valence-corrected chi connectivity index (χ0v) is 18.1. The lowest BCUT2D eigenvalue weighted by Gasteiger charge is -2.26. The fourth-order valence-electron chi connectivity index (χ4n) is 3.65. The number of aromatic nitrogens is 2. The van der Waals surface area contributed by atoms with Crippen molar-refractivity contribution in [2.75, 3.05) is 38.2 Å². The highest BCUT2D eigenvalue weighted by Gasteiger charge is 2.11. The summed E-state index contributed by atoms with van der Waals surface area (Å²) in [5.41, 5.74) is 3.52. The molecule has 0 radical (unpaired) electrons. The molecule has 4 rings (SSSR count). The van der Waals surface area contributed by atoms with Gasteiger partial charge < -0.3 is 10.1 Å². The first-order chi connectivity index (χ1) is 15.2. The number of morpholine rings is 1. The first-order valence-corrected chi connectivity index (χ1v) is 11.0. The third-order valence-electron chi connectivity index (χ3n) is 5.31. The predicted octanol–water partition coefficient (Wildman–Crippen LogP) is 4.81. The van der Waals surface area contributed by atoms with Gasteiger partial charge in [0.2, 0.25) is 0 Å². The van der Waals surface area contributed by atoms with Crippen LogP contribution in [0.2, 0.25) is 5.02 Å². The van der Waals surface area contributed by atoms with E-state index in [9.17, 15) is 4.39 Å². The number of pyridine rings is 2. The highest BCUT2D eigenvalue weighted by Crippen LogP contribution is 2.27. The van der Waals surface area contributed by atoms with Crippen molar-refractivity contribution in [1.82, 2.24) is 14.9 Å². The molecule has 1 aliphatic rings. The molecule has 1 aliphatic heterocycles. The Bertz CT molecular complexity index is 1010. The third kappa shape index (κ3) is 6.23. The zero-order valence-electron chi connectivity index (χ0n) is 17.4. The van der Waals surface area contributed by atoms with E-state index in [4.69, 9.17) is 21.3 Å². The van der Waals surface area contributed by atoms with Gasteiger partial charge in [-0.25, -0.2) is 9.37 Å². The molecule has 31 heavy (non-hydrogen) atoms. The van der Waals surface area contributed by atoms with Crippen LogP contribution in [-0.4, -0.2) is 47.7 Å². The molecule has 0 bridgehead atoms. The van der Waals surface area contributed by atoms with Crippen LogP contribution in [0, 0.1) is 5.82 Å². The summed E-state index contributed by atoms with van der Waals surface area (Å²) < 4.78 is 18.8. The number of benzene rings is 1. The van der Waals surface area contributed by atoms with Crippen molar-refractivity contribution in [3.05, 3.63) is 76.8 Å². The van der Waals surface area contributed by atoms with E-state index >= 15 is 0 Å². The van der Waals surface area contributed by atoms with Crippen molar-refractivity contribution in [3.8, 4) is 11.3 Å². The van der Waals surface area contributed by atoms with Crippen LogP contribution in [0.4, 0.5) is 10.2 Å². The number of hydrogen-bond donors (Lipinski definition) is 1. The molecule has 0 amide bonds. The summed E-state index contributed by atoms with van der Waals surface area (Å²) in [4.78, 5) is 11.6. The minimum atomic E-state index is -0.245. The van der Waals surface area contributed by atoms with Crippen LogP contribution in [0.1, 0.15) is 17.7 Å². The minimum absolute atomic E-state index is 0.245. The molecular weight excluding hydrogens is 415 g/mol. The number of nitrogens with one attached hydrogen (secondary N) is 1. The van der Waals surface area contributed by atoms with Gasteiger partial charge >= 0.3 is 0 Å². The third-order valence-corrected chi connectivity index (χ3v) is 5.61. The maximum absolute atomic E-state index is 13.4. The summed E-state index contributed by atoms with van der Waals surface area (Å²) in [5.74, 6) is 0.467. The lowest BCUT2D eigenvalue weighted by atomic mass is 10.1. The van der Waals surface area contributed by atoms with Crippen molar-refractivity contribution in [2.24, 2.45) is 0 Å². The monoisotopic (exact) mass is 440 g/mol. The Morgan fingerprint density at radius 2 is 1.94 bits per heavy atom. The number of anilines is 1. The van der Waals surface area contributed by atoms with Crippen LogP contribution >= 0.6 is 11.6 Å². The summed E-state index contributed by atoms with van der Waals surface area (Å²) in [6.07, 6.45) is 3.63. The number of nitrogens with zero attached hydrogens (tertiary/aromatic N) is 3. The van der Waals surface area contributed by atoms with Crippen LogP contribution < -0.4 is 5.32 Å². The van der Waals surface area contributed by atoms with Crippen molar-refractivity contribution in [1.29, 1.82) is 0 Å². The second-order valence-electron chi connectivity index (χ2n) is 7.60. The van der Waals surface area contributed by atoms with Gasteiger partial charge in [-0.2, -0.15) is 0 Å². The summed E-state index contributed by atoms with van der Waals surface area (Å²) in [7, 11) is 0. The predicted molar refractivity (Wildman–Crippen MR) is 122 cm³/mol. The quantitative estimate of drug-likeness (QED) is 0.544. The van der Waals surface area contributed by atoms with Crippen molar-refractivity contribution >= 4 is 17.4 Å². The Morgan fingerprint density at radius 1 is 1.10 bits per heavy atom. The summed E-state index contributed by atoms with van der Waals surface area (Å²) in [5, 5.41) is 3.83. The van der Waals surface area contributed by atoms with Gasteiger partial charge in [0, 0.05) is 37.1 Å². The largest absolute Gasteiger partial charge is 0.379 e. The van der Waals surface area contributed by atoms with Gasteiger partial charge in [-0.15, -0.1) is 0 Å². The van der Waals surface area contributed by atoms with Crippen LogP contribution in [0.25, 0.3) is 11.3 Å². The molecule has 1 aromatic carbocycles. The van der Waals surface area contributed by atoms with Gasteiger partial charge in [0.25, 0.3) is 0 Å². The van der Waals surface area contributed by atoms with Gasteiger partial charge in [0.1, 0.15) is 11.6 Å². The molecule has 0 spiro atoms. The first kappa shape index (κ1) is 21.7. The minimum Gasteiger partial charge on any atom is -0.379 e. The molecule has 0 unspecified atom stereocenters. The summed E-state index contributed by atoms with van der Waals surface area (Å²) in [6.45, 7) is 5.17. The van der Waals surface area contributed by atoms with E-state index < -0.39 is 0 Å². The van der Waals surface area contributed by atoms with E-state index in [1.807, 2.05) is 30.3 Å². The summed E-state index contributed by atoms with van der Waals surface area (Å²) >= 11 is 6.44. The molecule has 0 aliphatic carbocycles. The molecular formula is C24H26ClFN4O. The van der Waals surface area contributed by atoms with Gasteiger partial charge in [-0.3, -0.25) is 9.88 Å². The second kappa shape index (κ2) is 10.7. The molecule has 2 aromatic heterocycles. The SMILES string of the molecule is Fc1cccc(CNc2cccc(-c3cc(CCCN4CCOCC4)ncc3Cl)n2)c1. The standard InChI is InChI=1S/C24H26ClFN4O/c25-22-17-27-20(6-3-9-30-10-12-31-13-11-30)15-21(22)23-7-2-8-24(29-23)28-16-18-4-1-5-19(26)14-18/h1-2,4-5,7-8,14-15,17H,3,6,9-13,16H2,(H,28,29). The second-order valence-corrected chi connectivity index (χ2v) is 8.01. The van der Waals surface area contributed by atoms with Crippen LogP contribution in [0.5, 0.6) is 0 Å². The number of halogens is 2. The molecule has 0 atom stereocenters. The van der Waals surface area contributed by atoms with Gasteiger partial charge in [0.05, 0.1) is 23.9 Å². The Balaban J connectivity index is 1.41. The van der Waals surface area contributed by atoms with Crippen molar-refractivity contribution in [2.45, 2.75) is 19.4 Å². The molecule has 1 fully saturated rings. The Hall–Kier alpha value is -2.54. The fraction of sp³-hybridized carbons (Fsp3) is 0.333. The van der Waals surface area contributed by atoms with Gasteiger partial charge in [-0.1, -0.05) is 29.8 Å². The molecule has 162 valence electrons. The number of hydrogen-bond acceptors (Lipinski definition) is 5. The molecule has 1 saturated heterocycles. The highest BCUT2D eigenvalue weighted by atomic mass is 35.5. The lowest BCUT2D eigenvalue weighted by Crippen LogP contribution is -2.36. The van der Waals surface area contributed by atoms with E-state index in [1.54, 1.807) is 12.3 Å². The highest BCUT2D eigenvalue weighted by molar-refractivity contribution is 6.33. The number of ether oxygens (including phenoxy) is 1. The van der Waals surface area contributed by atoms with Gasteiger partial charge in [-0.05, 0) is 55.3 Å². The van der Waals surface area contributed by atoms with Gasteiger partial charge in [0.15, 0.2) is 0 Å². The fourth-order valence-corrected chi connectivity index (χ4v) is 3.85. The molecule has 3 heterocycles. The van der Waals surface area contributed by atoms with E-state index in [2.05, 4.69) is 15.2 Å². The Labute approximate surface area is 187 Å². The molecule has 7 heteroatoms. The Morgan fingerprint density at radius 3 is 2.77 bits per heavy atom. The Kier molecular flexibility index (Phi) is 7.46. The summed E-state index contributed by atoms with van der Waals surface area (Å²) in [6, 6.07) is 14.3. The van der Waals surface area contributed by atoms with E-state index in [0.29, 0.717) is 17.4 Å². The molecule has 5 nitrogen and oxygen atoms in total. The molecule has 3 aromatic rings. The average molecular weight is 441 g/mol. The molecule has 0 saturated carbocycles. The van der Waals surface area contributed by atoms with Crippen molar-refractivity contribution < 1.29 is 9.13 Å². The zero-order chi connectivity index (χ0) is 21.5.